The van der Waals surface area contributed by atoms with Gasteiger partial charge in [0.25, 0.3) is 0 Å². The third-order valence-electron chi connectivity index (χ3n) is 4.55. The summed E-state index contributed by atoms with van der Waals surface area (Å²) >= 11 is 0. The molecule has 3 rings (SSSR count). The van der Waals surface area contributed by atoms with E-state index in [0.717, 1.165) is 25.3 Å². The standard InChI is InChI=1S/C19H19F3N2O4/c1-27-13-6-5-12-9-14(18(26)28-15(12)10-13)17(19(20,21)22)23-11-16(25)24-7-3-2-4-8-24/h5-6,9-10H,2-4,7-8,11H2,1H3. The highest BCUT2D eigenvalue weighted by Crippen LogP contribution is 2.25. The minimum atomic E-state index is -4.91. The first-order chi connectivity index (χ1) is 13.3. The third-order valence-corrected chi connectivity index (χ3v) is 4.55. The van der Waals surface area contributed by atoms with Crippen molar-refractivity contribution in [1.29, 1.82) is 0 Å². The number of fused-ring (bicyclic) bond motifs is 1. The van der Waals surface area contributed by atoms with Crippen LogP contribution in [0.4, 0.5) is 13.2 Å². The first-order valence-electron chi connectivity index (χ1n) is 8.81. The molecule has 1 aliphatic heterocycles. The van der Waals surface area contributed by atoms with Crippen LogP contribution in [0.2, 0.25) is 0 Å². The van der Waals surface area contributed by atoms with Crippen LogP contribution < -0.4 is 10.4 Å². The molecule has 1 fully saturated rings. The second-order valence-corrected chi connectivity index (χ2v) is 6.46. The summed E-state index contributed by atoms with van der Waals surface area (Å²) in [6.45, 7) is 0.347. The van der Waals surface area contributed by atoms with Gasteiger partial charge in [-0.3, -0.25) is 9.79 Å². The molecule has 1 saturated heterocycles. The third kappa shape index (κ3) is 4.35. The fraction of sp³-hybridized carbons (Fsp3) is 0.421. The molecule has 0 N–H and O–H groups in total. The fourth-order valence-corrected chi connectivity index (χ4v) is 3.10. The number of alkyl halides is 3. The summed E-state index contributed by atoms with van der Waals surface area (Å²) in [4.78, 5) is 29.3. The highest BCUT2D eigenvalue weighted by molar-refractivity contribution is 6.06. The van der Waals surface area contributed by atoms with Crippen LogP contribution in [-0.2, 0) is 4.79 Å². The van der Waals surface area contributed by atoms with Crippen LogP contribution in [0.5, 0.6) is 5.75 Å². The number of hydrogen-bond acceptors (Lipinski definition) is 5. The zero-order valence-corrected chi connectivity index (χ0v) is 15.2. The number of benzene rings is 1. The van der Waals surface area contributed by atoms with Crippen LogP contribution in [-0.4, -0.2) is 49.4 Å². The second-order valence-electron chi connectivity index (χ2n) is 6.46. The van der Waals surface area contributed by atoms with Gasteiger partial charge in [0.05, 0.1) is 12.7 Å². The topological polar surface area (TPSA) is 72.1 Å². The van der Waals surface area contributed by atoms with Crippen molar-refractivity contribution in [2.75, 3.05) is 26.7 Å². The van der Waals surface area contributed by atoms with E-state index >= 15 is 0 Å². The summed E-state index contributed by atoms with van der Waals surface area (Å²) in [6, 6.07) is 5.49. The molecule has 2 heterocycles. The number of halogens is 3. The molecule has 0 atom stereocenters. The van der Waals surface area contributed by atoms with E-state index in [1.807, 2.05) is 0 Å². The van der Waals surface area contributed by atoms with E-state index in [2.05, 4.69) is 4.99 Å². The van der Waals surface area contributed by atoms with Crippen LogP contribution in [0.3, 0.4) is 0 Å². The number of carbonyl (C=O) groups excluding carboxylic acids is 1. The van der Waals surface area contributed by atoms with Crippen molar-refractivity contribution < 1.29 is 27.1 Å². The quantitative estimate of drug-likeness (QED) is 0.588. The van der Waals surface area contributed by atoms with Gasteiger partial charge in [-0.05, 0) is 37.5 Å². The van der Waals surface area contributed by atoms with Gasteiger partial charge in [-0.15, -0.1) is 0 Å². The first-order valence-corrected chi connectivity index (χ1v) is 8.81. The van der Waals surface area contributed by atoms with Gasteiger partial charge in [-0.2, -0.15) is 13.2 Å². The van der Waals surface area contributed by atoms with E-state index in [4.69, 9.17) is 9.15 Å². The lowest BCUT2D eigenvalue weighted by Gasteiger charge is -2.26. The Labute approximate surface area is 158 Å². The van der Waals surface area contributed by atoms with Crippen molar-refractivity contribution in [3.05, 3.63) is 40.2 Å². The molecule has 1 aromatic carbocycles. The van der Waals surface area contributed by atoms with Gasteiger partial charge in [0, 0.05) is 24.5 Å². The van der Waals surface area contributed by atoms with Crippen molar-refractivity contribution in [3.63, 3.8) is 0 Å². The Morgan fingerprint density at radius 3 is 2.57 bits per heavy atom. The largest absolute Gasteiger partial charge is 0.497 e. The zero-order chi connectivity index (χ0) is 20.3. The molecule has 1 aliphatic rings. The highest BCUT2D eigenvalue weighted by atomic mass is 19.4. The Morgan fingerprint density at radius 1 is 1.21 bits per heavy atom. The maximum atomic E-state index is 13.5. The van der Waals surface area contributed by atoms with E-state index in [1.54, 1.807) is 0 Å². The van der Waals surface area contributed by atoms with Crippen LogP contribution >= 0.6 is 0 Å². The van der Waals surface area contributed by atoms with E-state index in [0.29, 0.717) is 18.8 Å². The van der Waals surface area contributed by atoms with Crippen molar-refractivity contribution in [2.24, 2.45) is 4.99 Å². The Hall–Kier alpha value is -2.84. The molecular formula is C19H19F3N2O4. The predicted octanol–water partition coefficient (Wildman–Crippen LogP) is 3.17. The first kappa shape index (κ1) is 19.9. The fourth-order valence-electron chi connectivity index (χ4n) is 3.10. The number of methoxy groups -OCH3 is 1. The number of amides is 1. The molecule has 150 valence electrons. The minimum Gasteiger partial charge on any atom is -0.497 e. The SMILES string of the molecule is COc1ccc2cc(C(=NCC(=O)N3CCCCC3)C(F)(F)F)c(=O)oc2c1. The predicted molar refractivity (Wildman–Crippen MR) is 96.9 cm³/mol. The zero-order valence-electron chi connectivity index (χ0n) is 15.2. The van der Waals surface area contributed by atoms with Crippen LogP contribution in [0.15, 0.2) is 38.5 Å². The molecule has 6 nitrogen and oxygen atoms in total. The monoisotopic (exact) mass is 396 g/mol. The second kappa shape index (κ2) is 8.04. The number of rotatable bonds is 4. The summed E-state index contributed by atoms with van der Waals surface area (Å²) in [5, 5.41) is 0.287. The number of aliphatic imine (C=N–C) groups is 1. The van der Waals surface area contributed by atoms with Crippen molar-refractivity contribution in [2.45, 2.75) is 25.4 Å². The van der Waals surface area contributed by atoms with Gasteiger partial charge < -0.3 is 14.1 Å². The molecule has 0 unspecified atom stereocenters. The number of nitrogens with zero attached hydrogens (tertiary/aromatic N) is 2. The highest BCUT2D eigenvalue weighted by Gasteiger charge is 2.39. The molecule has 2 aromatic rings. The normalized spacial score (nSPS) is 15.7. The molecule has 0 aliphatic carbocycles. The molecule has 0 radical (unpaired) electrons. The number of piperidine rings is 1. The lowest BCUT2D eigenvalue weighted by atomic mass is 10.1. The van der Waals surface area contributed by atoms with Gasteiger partial charge >= 0.3 is 11.8 Å². The van der Waals surface area contributed by atoms with Crippen LogP contribution in [0.25, 0.3) is 11.0 Å². The number of likely N-dealkylation sites (tertiary alicyclic amines) is 1. The minimum absolute atomic E-state index is 0.0963. The van der Waals surface area contributed by atoms with Crippen molar-refractivity contribution in [3.8, 4) is 5.75 Å². The van der Waals surface area contributed by atoms with E-state index in [-0.39, 0.29) is 11.0 Å². The van der Waals surface area contributed by atoms with Crippen molar-refractivity contribution in [1.82, 2.24) is 4.90 Å². The number of hydrogen-bond donors (Lipinski definition) is 0. The average Bonchev–Trinajstić information content (AvgIpc) is 2.67. The molecule has 1 aromatic heterocycles. The maximum absolute atomic E-state index is 13.5. The number of ether oxygens (including phenoxy) is 1. The molecule has 1 amide bonds. The van der Waals surface area contributed by atoms with Gasteiger partial charge in [-0.25, -0.2) is 4.79 Å². The average molecular weight is 396 g/mol. The molecule has 9 heteroatoms. The van der Waals surface area contributed by atoms with Gasteiger partial charge in [0.15, 0.2) is 5.71 Å². The van der Waals surface area contributed by atoms with Crippen LogP contribution in [0, 0.1) is 0 Å². The Bertz CT molecular complexity index is 960. The molecule has 0 saturated carbocycles. The van der Waals surface area contributed by atoms with Gasteiger partial charge in [-0.1, -0.05) is 0 Å². The smallest absolute Gasteiger partial charge is 0.433 e. The summed E-state index contributed by atoms with van der Waals surface area (Å²) in [6.07, 6.45) is -2.28. The lowest BCUT2D eigenvalue weighted by molar-refractivity contribution is -0.130. The molecule has 28 heavy (non-hydrogen) atoms. The molecular weight excluding hydrogens is 377 g/mol. The van der Waals surface area contributed by atoms with E-state index in [1.165, 1.54) is 30.2 Å². The van der Waals surface area contributed by atoms with Crippen LogP contribution in [0.1, 0.15) is 24.8 Å². The summed E-state index contributed by atoms with van der Waals surface area (Å²) < 4.78 is 50.7. The molecule has 0 bridgehead atoms. The summed E-state index contributed by atoms with van der Waals surface area (Å²) in [5.41, 5.74) is -3.22. The Balaban J connectivity index is 1.96. The lowest BCUT2D eigenvalue weighted by Crippen LogP contribution is -2.38. The Kier molecular flexibility index (Phi) is 5.71. The summed E-state index contributed by atoms with van der Waals surface area (Å²) in [7, 11) is 1.42. The van der Waals surface area contributed by atoms with Gasteiger partial charge in [0.1, 0.15) is 17.9 Å². The summed E-state index contributed by atoms with van der Waals surface area (Å²) in [5.74, 6) is -0.0865. The number of carbonyl (C=O) groups is 1. The van der Waals surface area contributed by atoms with E-state index < -0.39 is 35.5 Å². The van der Waals surface area contributed by atoms with Crippen molar-refractivity contribution >= 4 is 22.6 Å². The molecule has 0 spiro atoms. The Morgan fingerprint density at radius 2 is 1.93 bits per heavy atom. The van der Waals surface area contributed by atoms with E-state index in [9.17, 15) is 22.8 Å². The maximum Gasteiger partial charge on any atom is 0.433 e. The van der Waals surface area contributed by atoms with Gasteiger partial charge in [0.2, 0.25) is 5.91 Å².